The molecule has 0 aliphatic carbocycles. The summed E-state index contributed by atoms with van der Waals surface area (Å²) in [5, 5.41) is 9.12. The summed E-state index contributed by atoms with van der Waals surface area (Å²) < 4.78 is 28.6. The molecule has 0 fully saturated rings. The zero-order valence-corrected chi connectivity index (χ0v) is 7.58. The molecule has 1 rings (SSSR count). The minimum absolute atomic E-state index is 0.520. The number of carbonyl (C=O) groups is 1. The molecule has 0 radical (unpaired) electrons. The van der Waals surface area contributed by atoms with Gasteiger partial charge in [0.15, 0.2) is 11.4 Å². The Kier molecular flexibility index (Phi) is 3.03. The number of hydrogen-bond donors (Lipinski definition) is 2. The summed E-state index contributed by atoms with van der Waals surface area (Å²) in [4.78, 5) is 23.9. The van der Waals surface area contributed by atoms with Gasteiger partial charge >= 0.3 is 5.97 Å². The Bertz CT molecular complexity index is 441. The van der Waals surface area contributed by atoms with Crippen molar-refractivity contribution in [3.8, 4) is 5.75 Å². The number of aromatic hydroxyl groups is 1. The average Bonchev–Trinajstić information content (AvgIpc) is 2.20. The van der Waals surface area contributed by atoms with Crippen molar-refractivity contribution in [2.45, 2.75) is 6.43 Å². The van der Waals surface area contributed by atoms with Crippen LogP contribution in [0.1, 0.15) is 22.6 Å². The van der Waals surface area contributed by atoms with Crippen LogP contribution in [0.15, 0.2) is 10.9 Å². The van der Waals surface area contributed by atoms with Crippen LogP contribution in [0.5, 0.6) is 5.75 Å². The van der Waals surface area contributed by atoms with Crippen LogP contribution < -0.4 is 5.43 Å². The van der Waals surface area contributed by atoms with E-state index in [2.05, 4.69) is 4.74 Å². The van der Waals surface area contributed by atoms with E-state index in [1.165, 1.54) is 0 Å². The van der Waals surface area contributed by atoms with Crippen LogP contribution >= 0.6 is 0 Å². The number of methoxy groups -OCH3 is 1. The van der Waals surface area contributed by atoms with Crippen molar-refractivity contribution in [2.24, 2.45) is 0 Å². The van der Waals surface area contributed by atoms with Crippen LogP contribution in [0.2, 0.25) is 0 Å². The first-order valence-electron chi connectivity index (χ1n) is 3.80. The lowest BCUT2D eigenvalue weighted by atomic mass is 10.2. The second-order valence-corrected chi connectivity index (χ2v) is 2.60. The maximum Gasteiger partial charge on any atom is 0.358 e. The Balaban J connectivity index is 3.38. The normalized spacial score (nSPS) is 10.4. The van der Waals surface area contributed by atoms with E-state index < -0.39 is 35.0 Å². The van der Waals surface area contributed by atoms with Crippen molar-refractivity contribution in [1.29, 1.82) is 0 Å². The van der Waals surface area contributed by atoms with Gasteiger partial charge in [0.1, 0.15) is 0 Å². The van der Waals surface area contributed by atoms with E-state index in [-0.39, 0.29) is 0 Å². The van der Waals surface area contributed by atoms with Gasteiger partial charge in [-0.15, -0.1) is 0 Å². The fourth-order valence-corrected chi connectivity index (χ4v) is 0.940. The van der Waals surface area contributed by atoms with Crippen molar-refractivity contribution in [3.05, 3.63) is 27.7 Å². The molecule has 15 heavy (non-hydrogen) atoms. The number of ether oxygens (including phenoxy) is 1. The van der Waals surface area contributed by atoms with E-state index in [1.807, 2.05) is 4.98 Å². The van der Waals surface area contributed by atoms with Gasteiger partial charge in [0.25, 0.3) is 6.43 Å². The smallest absolute Gasteiger partial charge is 0.358 e. The highest BCUT2D eigenvalue weighted by atomic mass is 19.3. The average molecular weight is 219 g/mol. The first-order chi connectivity index (χ1) is 6.97. The number of aromatic nitrogens is 1. The van der Waals surface area contributed by atoms with Gasteiger partial charge in [0.2, 0.25) is 5.43 Å². The van der Waals surface area contributed by atoms with Crippen LogP contribution in [0.25, 0.3) is 0 Å². The number of carbonyl (C=O) groups excluding carboxylic acids is 1. The molecule has 0 saturated heterocycles. The van der Waals surface area contributed by atoms with Gasteiger partial charge < -0.3 is 14.8 Å². The zero-order valence-electron chi connectivity index (χ0n) is 7.58. The zero-order chi connectivity index (χ0) is 11.6. The quantitative estimate of drug-likeness (QED) is 0.721. The van der Waals surface area contributed by atoms with E-state index in [9.17, 15) is 18.4 Å². The SMILES string of the molecule is COC(=O)c1[nH]c(C(F)F)cc(=O)c1O. The number of hydrogen-bond acceptors (Lipinski definition) is 4. The number of alkyl halides is 2. The summed E-state index contributed by atoms with van der Waals surface area (Å²) in [5.41, 5.74) is -2.50. The van der Waals surface area contributed by atoms with Crippen LogP contribution in [0, 0.1) is 0 Å². The third-order valence-corrected chi connectivity index (χ3v) is 1.65. The third kappa shape index (κ3) is 2.12. The highest BCUT2D eigenvalue weighted by Gasteiger charge is 2.19. The van der Waals surface area contributed by atoms with E-state index in [4.69, 9.17) is 5.11 Å². The summed E-state index contributed by atoms with van der Waals surface area (Å²) in [6, 6.07) is 0.520. The third-order valence-electron chi connectivity index (χ3n) is 1.65. The number of pyridine rings is 1. The van der Waals surface area contributed by atoms with Gasteiger partial charge in [-0.3, -0.25) is 4.79 Å². The molecule has 0 amide bonds. The van der Waals surface area contributed by atoms with E-state index in [0.29, 0.717) is 6.07 Å². The lowest BCUT2D eigenvalue weighted by Crippen LogP contribution is -2.14. The van der Waals surface area contributed by atoms with Crippen LogP contribution in [-0.2, 0) is 4.74 Å². The monoisotopic (exact) mass is 219 g/mol. The maximum atomic E-state index is 12.2. The number of nitrogens with one attached hydrogen (secondary N) is 1. The Morgan fingerprint density at radius 1 is 1.60 bits per heavy atom. The molecule has 7 heteroatoms. The number of aromatic amines is 1. The van der Waals surface area contributed by atoms with Crippen LogP contribution in [0.3, 0.4) is 0 Å². The van der Waals surface area contributed by atoms with Crippen LogP contribution in [0.4, 0.5) is 8.78 Å². The second kappa shape index (κ2) is 4.07. The highest BCUT2D eigenvalue weighted by molar-refractivity contribution is 5.90. The largest absolute Gasteiger partial charge is 0.502 e. The standard InChI is InChI=1S/C8H7F2NO4/c1-15-8(14)5-6(13)4(12)2-3(11-5)7(9)10/h2,7,13H,1H3,(H,11,12). The Morgan fingerprint density at radius 3 is 2.67 bits per heavy atom. The topological polar surface area (TPSA) is 79.4 Å². The molecule has 0 spiro atoms. The Hall–Kier alpha value is -1.92. The molecule has 2 N–H and O–H groups in total. The van der Waals surface area contributed by atoms with Crippen LogP contribution in [-0.4, -0.2) is 23.2 Å². The second-order valence-electron chi connectivity index (χ2n) is 2.60. The van der Waals surface area contributed by atoms with Crippen molar-refractivity contribution >= 4 is 5.97 Å². The highest BCUT2D eigenvalue weighted by Crippen LogP contribution is 2.18. The summed E-state index contributed by atoms with van der Waals surface area (Å²) in [5.74, 6) is -2.03. The molecule has 0 atom stereocenters. The fourth-order valence-electron chi connectivity index (χ4n) is 0.940. The first-order valence-corrected chi connectivity index (χ1v) is 3.80. The van der Waals surface area contributed by atoms with Gasteiger partial charge in [-0.2, -0.15) is 0 Å². The van der Waals surface area contributed by atoms with Gasteiger partial charge in [0, 0.05) is 6.07 Å². The summed E-state index contributed by atoms with van der Waals surface area (Å²) in [6.45, 7) is 0. The van der Waals surface area contributed by atoms with Crippen molar-refractivity contribution in [1.82, 2.24) is 4.98 Å². The number of halogens is 2. The van der Waals surface area contributed by atoms with Crippen molar-refractivity contribution in [3.63, 3.8) is 0 Å². The lowest BCUT2D eigenvalue weighted by Gasteiger charge is -2.05. The van der Waals surface area contributed by atoms with Gasteiger partial charge in [-0.1, -0.05) is 0 Å². The molecule has 1 heterocycles. The molecule has 0 saturated carbocycles. The summed E-state index contributed by atoms with van der Waals surface area (Å²) >= 11 is 0. The molecule has 0 unspecified atom stereocenters. The predicted octanol–water partition coefficient (Wildman–Crippen LogP) is 0.805. The Morgan fingerprint density at radius 2 is 2.20 bits per heavy atom. The minimum atomic E-state index is -2.94. The number of esters is 1. The van der Waals surface area contributed by atoms with Gasteiger partial charge in [-0.05, 0) is 0 Å². The molecular formula is C8H7F2NO4. The molecule has 0 aliphatic rings. The maximum absolute atomic E-state index is 12.2. The molecular weight excluding hydrogens is 212 g/mol. The first kappa shape index (κ1) is 11.2. The van der Waals surface area contributed by atoms with Crippen molar-refractivity contribution < 1.29 is 23.4 Å². The van der Waals surface area contributed by atoms with E-state index in [1.54, 1.807) is 0 Å². The lowest BCUT2D eigenvalue weighted by molar-refractivity contribution is 0.0588. The Labute approximate surface area is 82.3 Å². The van der Waals surface area contributed by atoms with E-state index >= 15 is 0 Å². The minimum Gasteiger partial charge on any atom is -0.502 e. The number of rotatable bonds is 2. The molecule has 0 aliphatic heterocycles. The molecule has 1 aromatic heterocycles. The molecule has 5 nitrogen and oxygen atoms in total. The fraction of sp³-hybridized carbons (Fsp3) is 0.250. The molecule has 82 valence electrons. The summed E-state index contributed by atoms with van der Waals surface area (Å²) in [7, 11) is 0.995. The summed E-state index contributed by atoms with van der Waals surface area (Å²) in [6.07, 6.45) is -2.94. The molecule has 0 aromatic carbocycles. The number of H-pyrrole nitrogens is 1. The van der Waals surface area contributed by atoms with Crippen molar-refractivity contribution in [2.75, 3.05) is 7.11 Å². The van der Waals surface area contributed by atoms with Gasteiger partial charge in [-0.25, -0.2) is 13.6 Å². The van der Waals surface area contributed by atoms with E-state index in [0.717, 1.165) is 7.11 Å². The molecule has 0 bridgehead atoms. The molecule has 1 aromatic rings. The van der Waals surface area contributed by atoms with Gasteiger partial charge in [0.05, 0.1) is 12.8 Å². The predicted molar refractivity (Wildman–Crippen MR) is 45.0 cm³/mol.